The number of nitrogens with two attached hydrogens (primary N) is 1. The fourth-order valence-corrected chi connectivity index (χ4v) is 1.87. The summed E-state index contributed by atoms with van der Waals surface area (Å²) in [6, 6.07) is 2.73. The Balaban J connectivity index is 2.85. The van der Waals surface area contributed by atoms with Gasteiger partial charge in [0.05, 0.1) is 11.0 Å². The van der Waals surface area contributed by atoms with Crippen LogP contribution < -0.4 is 11.1 Å². The molecule has 0 spiro atoms. The molecular weight excluding hydrogens is 302 g/mol. The summed E-state index contributed by atoms with van der Waals surface area (Å²) in [4.78, 5) is 10.3. The molecule has 0 aliphatic heterocycles. The van der Waals surface area contributed by atoms with Crippen LogP contribution in [0.15, 0.2) is 16.6 Å². The van der Waals surface area contributed by atoms with Crippen LogP contribution in [-0.2, 0) is 0 Å². The van der Waals surface area contributed by atoms with E-state index in [0.717, 1.165) is 0 Å². The van der Waals surface area contributed by atoms with Crippen LogP contribution in [0.4, 0.5) is 11.4 Å². The summed E-state index contributed by atoms with van der Waals surface area (Å²) >= 11 is 3.27. The van der Waals surface area contributed by atoms with Crippen LogP contribution in [0.5, 0.6) is 0 Å². The van der Waals surface area contributed by atoms with Crippen LogP contribution in [0, 0.1) is 17.0 Å². The standard InChI is InChI=1S/C11H16BrN3O3/c1-6-3-10(14-5-9(13)7(2)16)8(12)4-11(6)15(17)18/h3-4,7,9,14,16H,5,13H2,1-2H3. The molecule has 2 atom stereocenters. The number of anilines is 1. The molecule has 7 heteroatoms. The van der Waals surface area contributed by atoms with E-state index >= 15 is 0 Å². The van der Waals surface area contributed by atoms with Gasteiger partial charge in [-0.3, -0.25) is 10.1 Å². The quantitative estimate of drug-likeness (QED) is 0.567. The second kappa shape index (κ2) is 6.12. The van der Waals surface area contributed by atoms with E-state index in [1.165, 1.54) is 6.07 Å². The Morgan fingerprint density at radius 2 is 2.22 bits per heavy atom. The highest BCUT2D eigenvalue weighted by Gasteiger charge is 2.15. The van der Waals surface area contributed by atoms with Gasteiger partial charge in [0.15, 0.2) is 0 Å². The maximum atomic E-state index is 10.8. The summed E-state index contributed by atoms with van der Waals surface area (Å²) in [5, 5.41) is 23.1. The maximum absolute atomic E-state index is 10.8. The summed E-state index contributed by atoms with van der Waals surface area (Å²) in [6.07, 6.45) is -0.615. The third kappa shape index (κ3) is 3.66. The van der Waals surface area contributed by atoms with Crippen molar-refractivity contribution in [1.82, 2.24) is 0 Å². The Hall–Kier alpha value is -1.18. The van der Waals surface area contributed by atoms with Gasteiger partial charge in [-0.2, -0.15) is 0 Å². The molecule has 0 heterocycles. The molecule has 0 fully saturated rings. The zero-order chi connectivity index (χ0) is 13.9. The average molecular weight is 318 g/mol. The van der Waals surface area contributed by atoms with Gasteiger partial charge in [0, 0.05) is 34.4 Å². The molecule has 0 bridgehead atoms. The second-order valence-electron chi connectivity index (χ2n) is 4.16. The summed E-state index contributed by atoms with van der Waals surface area (Å²) in [6.45, 7) is 3.67. The summed E-state index contributed by atoms with van der Waals surface area (Å²) in [5.41, 5.74) is 7.04. The predicted octanol–water partition coefficient (Wildman–Crippen LogP) is 1.79. The van der Waals surface area contributed by atoms with Gasteiger partial charge in [-0.1, -0.05) is 0 Å². The van der Waals surface area contributed by atoms with Gasteiger partial charge >= 0.3 is 0 Å². The molecule has 4 N–H and O–H groups in total. The molecule has 0 aromatic heterocycles. The number of nitro benzene ring substituents is 1. The van der Waals surface area contributed by atoms with Gasteiger partial charge in [0.1, 0.15) is 0 Å². The van der Waals surface area contributed by atoms with Crippen LogP contribution >= 0.6 is 15.9 Å². The lowest BCUT2D eigenvalue weighted by Crippen LogP contribution is -2.38. The molecule has 2 unspecified atom stereocenters. The molecule has 18 heavy (non-hydrogen) atoms. The smallest absolute Gasteiger partial charge is 0.273 e. The first-order chi connectivity index (χ1) is 8.32. The molecule has 0 saturated heterocycles. The van der Waals surface area contributed by atoms with E-state index in [1.807, 2.05) is 0 Å². The van der Waals surface area contributed by atoms with Crippen molar-refractivity contribution in [2.45, 2.75) is 26.0 Å². The number of nitro groups is 1. The lowest BCUT2D eigenvalue weighted by molar-refractivity contribution is -0.385. The topological polar surface area (TPSA) is 101 Å². The zero-order valence-corrected chi connectivity index (χ0v) is 11.8. The number of aryl methyl sites for hydroxylation is 1. The van der Waals surface area contributed by atoms with Gasteiger partial charge in [-0.05, 0) is 35.8 Å². The van der Waals surface area contributed by atoms with E-state index in [0.29, 0.717) is 22.3 Å². The fourth-order valence-electron chi connectivity index (χ4n) is 1.40. The lowest BCUT2D eigenvalue weighted by atomic mass is 10.1. The van der Waals surface area contributed by atoms with Crippen molar-refractivity contribution in [2.24, 2.45) is 5.73 Å². The minimum Gasteiger partial charge on any atom is -0.392 e. The summed E-state index contributed by atoms with van der Waals surface area (Å²) in [7, 11) is 0. The normalized spacial score (nSPS) is 14.1. The van der Waals surface area contributed by atoms with Crippen molar-refractivity contribution in [3.8, 4) is 0 Å². The van der Waals surface area contributed by atoms with E-state index in [1.54, 1.807) is 19.9 Å². The number of aliphatic hydroxyl groups is 1. The number of nitrogens with one attached hydrogen (secondary N) is 1. The molecule has 0 amide bonds. The van der Waals surface area contributed by atoms with Gasteiger partial charge < -0.3 is 16.2 Å². The van der Waals surface area contributed by atoms with Crippen LogP contribution in [0.25, 0.3) is 0 Å². The Kier molecular flexibility index (Phi) is 5.06. The van der Waals surface area contributed by atoms with Crippen molar-refractivity contribution >= 4 is 27.3 Å². The highest BCUT2D eigenvalue weighted by molar-refractivity contribution is 9.10. The van der Waals surface area contributed by atoms with Crippen molar-refractivity contribution < 1.29 is 10.0 Å². The van der Waals surface area contributed by atoms with Crippen molar-refractivity contribution in [3.63, 3.8) is 0 Å². The molecule has 1 aromatic rings. The minimum atomic E-state index is -0.615. The summed E-state index contributed by atoms with van der Waals surface area (Å²) < 4.78 is 0.595. The van der Waals surface area contributed by atoms with Crippen molar-refractivity contribution in [1.29, 1.82) is 0 Å². The average Bonchev–Trinajstić information content (AvgIpc) is 2.28. The fraction of sp³-hybridized carbons (Fsp3) is 0.455. The molecular formula is C11H16BrN3O3. The number of hydrogen-bond acceptors (Lipinski definition) is 5. The van der Waals surface area contributed by atoms with Gasteiger partial charge in [0.25, 0.3) is 5.69 Å². The number of hydrogen-bond donors (Lipinski definition) is 3. The number of benzene rings is 1. The summed E-state index contributed by atoms with van der Waals surface area (Å²) in [5.74, 6) is 0. The van der Waals surface area contributed by atoms with Crippen molar-refractivity contribution in [3.05, 3.63) is 32.3 Å². The van der Waals surface area contributed by atoms with Gasteiger partial charge in [-0.15, -0.1) is 0 Å². The number of rotatable bonds is 5. The Labute approximate surface area is 113 Å². The van der Waals surface area contributed by atoms with E-state index in [4.69, 9.17) is 5.73 Å². The Morgan fingerprint density at radius 1 is 1.61 bits per heavy atom. The molecule has 1 aromatic carbocycles. The third-order valence-corrected chi connectivity index (χ3v) is 3.29. The minimum absolute atomic E-state index is 0.0623. The molecule has 0 saturated carbocycles. The van der Waals surface area contributed by atoms with Crippen LogP contribution in [-0.4, -0.2) is 28.7 Å². The highest BCUT2D eigenvalue weighted by atomic mass is 79.9. The second-order valence-corrected chi connectivity index (χ2v) is 5.02. The molecule has 100 valence electrons. The molecule has 0 aliphatic carbocycles. The van der Waals surface area contributed by atoms with Gasteiger partial charge in [0.2, 0.25) is 0 Å². The first-order valence-corrected chi connectivity index (χ1v) is 6.24. The molecule has 6 nitrogen and oxygen atoms in total. The number of halogens is 1. The number of nitrogens with zero attached hydrogens (tertiary/aromatic N) is 1. The van der Waals surface area contributed by atoms with E-state index < -0.39 is 17.1 Å². The maximum Gasteiger partial charge on any atom is 0.273 e. The SMILES string of the molecule is Cc1cc(NCC(N)C(C)O)c(Br)cc1[N+](=O)[O-]. The zero-order valence-electron chi connectivity index (χ0n) is 10.2. The van der Waals surface area contributed by atoms with Gasteiger partial charge in [-0.25, -0.2) is 0 Å². The Morgan fingerprint density at radius 3 is 2.72 bits per heavy atom. The van der Waals surface area contributed by atoms with Crippen molar-refractivity contribution in [2.75, 3.05) is 11.9 Å². The van der Waals surface area contributed by atoms with E-state index in [-0.39, 0.29) is 5.69 Å². The van der Waals surface area contributed by atoms with Crippen LogP contribution in [0.1, 0.15) is 12.5 Å². The third-order valence-electron chi connectivity index (χ3n) is 2.63. The first-order valence-electron chi connectivity index (χ1n) is 5.45. The lowest BCUT2D eigenvalue weighted by Gasteiger charge is -2.17. The Bertz CT molecular complexity index is 451. The van der Waals surface area contributed by atoms with Crippen LogP contribution in [0.2, 0.25) is 0 Å². The molecule has 0 radical (unpaired) electrons. The van der Waals surface area contributed by atoms with E-state index in [2.05, 4.69) is 21.2 Å². The highest BCUT2D eigenvalue weighted by Crippen LogP contribution is 2.30. The first kappa shape index (κ1) is 14.9. The van der Waals surface area contributed by atoms with Crippen LogP contribution in [0.3, 0.4) is 0 Å². The molecule has 1 rings (SSSR count). The monoisotopic (exact) mass is 317 g/mol. The predicted molar refractivity (Wildman–Crippen MR) is 73.7 cm³/mol. The molecule has 0 aliphatic rings. The van der Waals surface area contributed by atoms with E-state index in [9.17, 15) is 15.2 Å². The largest absolute Gasteiger partial charge is 0.392 e. The number of aliphatic hydroxyl groups excluding tert-OH is 1.